The first-order chi connectivity index (χ1) is 14.4. The Balaban J connectivity index is 0.00000171. The van der Waals surface area contributed by atoms with Crippen LogP contribution in [0.2, 0.25) is 0 Å². The number of hydrogen-bond acceptors (Lipinski definition) is 0. The van der Waals surface area contributed by atoms with E-state index in [1.165, 1.54) is 40.0 Å². The zero-order valence-electron chi connectivity index (χ0n) is 18.6. The molecule has 0 saturated carbocycles. The van der Waals surface area contributed by atoms with Crippen LogP contribution >= 0.6 is 15.8 Å². The average Bonchev–Trinajstić information content (AvgIpc) is 2.81. The summed E-state index contributed by atoms with van der Waals surface area (Å²) in [4.78, 5) is 0. The van der Waals surface area contributed by atoms with Gasteiger partial charge in [-0.15, -0.1) is 0 Å². The average molecular weight is 436 g/mol. The van der Waals surface area contributed by atoms with Gasteiger partial charge in [-0.25, -0.2) is 0 Å². The van der Waals surface area contributed by atoms with Gasteiger partial charge in [-0.05, 0) is 55.8 Å². The Morgan fingerprint density at radius 1 is 0.400 bits per heavy atom. The zero-order chi connectivity index (χ0) is 19.7. The Morgan fingerprint density at radius 2 is 0.633 bits per heavy atom. The van der Waals surface area contributed by atoms with Gasteiger partial charge >= 0.3 is 29.6 Å². The monoisotopic (exact) mass is 436 g/mol. The molecule has 30 heavy (non-hydrogen) atoms. The third-order valence-electron chi connectivity index (χ3n) is 5.03. The van der Waals surface area contributed by atoms with E-state index in [0.717, 1.165) is 0 Å². The van der Waals surface area contributed by atoms with Crippen LogP contribution in [0.4, 0.5) is 0 Å². The quantitative estimate of drug-likeness (QED) is 0.294. The summed E-state index contributed by atoms with van der Waals surface area (Å²) in [5, 5.41) is 5.94. The normalized spacial score (nSPS) is 10.7. The molecule has 4 rings (SSSR count). The molecule has 0 aliphatic heterocycles. The molecule has 0 amide bonds. The van der Waals surface area contributed by atoms with E-state index in [-0.39, 0.29) is 46.8 Å². The van der Waals surface area contributed by atoms with Gasteiger partial charge in [0.05, 0.1) is 0 Å². The van der Waals surface area contributed by atoms with E-state index in [4.69, 9.17) is 0 Å². The maximum absolute atomic E-state index is 2.30. The zero-order valence-corrected chi connectivity index (χ0v) is 21.4. The SMILES string of the molecule is [H-].[Na+].c1ccc(P(CCCP(c2ccccc2)c2ccccc2)c2ccccc2)cc1. The van der Waals surface area contributed by atoms with E-state index >= 15 is 0 Å². The van der Waals surface area contributed by atoms with E-state index in [1.54, 1.807) is 0 Å². The molecular formula is C27H27NaP2. The molecule has 146 valence electrons. The van der Waals surface area contributed by atoms with Crippen molar-refractivity contribution in [1.29, 1.82) is 0 Å². The summed E-state index contributed by atoms with van der Waals surface area (Å²) >= 11 is 0. The first-order valence-corrected chi connectivity index (χ1v) is 13.2. The molecule has 0 atom stereocenters. The maximum atomic E-state index is 2.30. The summed E-state index contributed by atoms with van der Waals surface area (Å²) in [5.74, 6) is 0. The molecule has 0 aliphatic rings. The smallest absolute Gasteiger partial charge is 1.00 e. The molecule has 0 aliphatic carbocycles. The largest absolute Gasteiger partial charge is 1.00 e. The van der Waals surface area contributed by atoms with Gasteiger partial charge in [0.2, 0.25) is 0 Å². The molecule has 0 bridgehead atoms. The van der Waals surface area contributed by atoms with E-state index in [1.807, 2.05) is 0 Å². The topological polar surface area (TPSA) is 0 Å². The molecule has 0 nitrogen and oxygen atoms in total. The second-order valence-corrected chi connectivity index (χ2v) is 11.7. The van der Waals surface area contributed by atoms with Gasteiger partial charge in [0, 0.05) is 0 Å². The minimum absolute atomic E-state index is 0. The fourth-order valence-electron chi connectivity index (χ4n) is 3.63. The van der Waals surface area contributed by atoms with Crippen molar-refractivity contribution < 1.29 is 31.0 Å². The molecule has 0 unspecified atom stereocenters. The molecule has 0 spiro atoms. The van der Waals surface area contributed by atoms with Crippen molar-refractivity contribution >= 4 is 37.1 Å². The van der Waals surface area contributed by atoms with Crippen LogP contribution in [0.3, 0.4) is 0 Å². The van der Waals surface area contributed by atoms with Gasteiger partial charge in [-0.2, -0.15) is 0 Å². The van der Waals surface area contributed by atoms with Gasteiger partial charge in [0.1, 0.15) is 0 Å². The van der Waals surface area contributed by atoms with Crippen LogP contribution in [0, 0.1) is 0 Å². The first kappa shape index (κ1) is 23.4. The van der Waals surface area contributed by atoms with Crippen LogP contribution in [0.5, 0.6) is 0 Å². The summed E-state index contributed by atoms with van der Waals surface area (Å²) in [5.41, 5.74) is 0. The summed E-state index contributed by atoms with van der Waals surface area (Å²) in [6, 6.07) is 44.3. The predicted molar refractivity (Wildman–Crippen MR) is 134 cm³/mol. The van der Waals surface area contributed by atoms with Crippen LogP contribution in [-0.2, 0) is 0 Å². The van der Waals surface area contributed by atoms with Crippen LogP contribution in [0.25, 0.3) is 0 Å². The number of benzene rings is 4. The third-order valence-corrected chi connectivity index (χ3v) is 10.2. The second-order valence-electron chi connectivity index (χ2n) is 7.00. The van der Waals surface area contributed by atoms with Gasteiger partial charge in [-0.3, -0.25) is 0 Å². The van der Waals surface area contributed by atoms with E-state index in [9.17, 15) is 0 Å². The standard InChI is InChI=1S/C27H26P2.Na.H/c1-5-14-24(15-6-1)28(25-16-7-2-8-17-25)22-13-23-29(26-18-9-3-10-19-26)27-20-11-4-12-21-27;;/h1-12,14-21H,13,22-23H2;;/q;+1;-1. The van der Waals surface area contributed by atoms with Crippen molar-refractivity contribution in [3.8, 4) is 0 Å². The van der Waals surface area contributed by atoms with Gasteiger partial charge in [-0.1, -0.05) is 121 Å². The van der Waals surface area contributed by atoms with Gasteiger partial charge in [0.25, 0.3) is 0 Å². The molecule has 0 heterocycles. The fourth-order valence-corrected chi connectivity index (χ4v) is 8.59. The molecule has 3 heteroatoms. The Bertz CT molecular complexity index is 821. The first-order valence-electron chi connectivity index (χ1n) is 10.2. The third kappa shape index (κ3) is 6.37. The van der Waals surface area contributed by atoms with Crippen molar-refractivity contribution in [2.75, 3.05) is 12.3 Å². The Hall–Kier alpha value is -1.26. The van der Waals surface area contributed by atoms with Crippen molar-refractivity contribution in [2.24, 2.45) is 0 Å². The van der Waals surface area contributed by atoms with E-state index in [2.05, 4.69) is 121 Å². The Morgan fingerprint density at radius 3 is 0.867 bits per heavy atom. The van der Waals surface area contributed by atoms with Crippen LogP contribution in [0.15, 0.2) is 121 Å². The summed E-state index contributed by atoms with van der Waals surface area (Å²) in [7, 11) is -0.618. The van der Waals surface area contributed by atoms with Crippen molar-refractivity contribution in [3.05, 3.63) is 121 Å². The summed E-state index contributed by atoms with van der Waals surface area (Å²) in [6.07, 6.45) is 3.72. The number of hydrogen-bond donors (Lipinski definition) is 0. The molecule has 0 fully saturated rings. The minimum atomic E-state index is -0.309. The van der Waals surface area contributed by atoms with Crippen molar-refractivity contribution in [2.45, 2.75) is 6.42 Å². The van der Waals surface area contributed by atoms with Crippen LogP contribution < -0.4 is 50.8 Å². The fraction of sp³-hybridized carbons (Fsp3) is 0.111. The van der Waals surface area contributed by atoms with Crippen LogP contribution in [0.1, 0.15) is 7.85 Å². The molecule has 4 aromatic carbocycles. The maximum Gasteiger partial charge on any atom is 1.00 e. The molecular weight excluding hydrogens is 409 g/mol. The summed E-state index contributed by atoms with van der Waals surface area (Å²) in [6.45, 7) is 0. The molecule has 0 saturated heterocycles. The van der Waals surface area contributed by atoms with Crippen molar-refractivity contribution in [1.82, 2.24) is 0 Å². The minimum Gasteiger partial charge on any atom is -1.00 e. The molecule has 0 aromatic heterocycles. The molecule has 0 N–H and O–H groups in total. The van der Waals surface area contributed by atoms with Crippen molar-refractivity contribution in [3.63, 3.8) is 0 Å². The summed E-state index contributed by atoms with van der Waals surface area (Å²) < 4.78 is 0. The number of rotatable bonds is 8. The van der Waals surface area contributed by atoms with Crippen LogP contribution in [-0.4, -0.2) is 12.3 Å². The Labute approximate surface area is 207 Å². The van der Waals surface area contributed by atoms with E-state index in [0.29, 0.717) is 0 Å². The Kier molecular flexibility index (Phi) is 9.80. The van der Waals surface area contributed by atoms with E-state index < -0.39 is 0 Å². The molecule has 0 radical (unpaired) electrons. The van der Waals surface area contributed by atoms with Gasteiger partial charge < -0.3 is 1.43 Å². The predicted octanol–water partition coefficient (Wildman–Crippen LogP) is 2.76. The van der Waals surface area contributed by atoms with Gasteiger partial charge in [0.15, 0.2) is 0 Å². The second kappa shape index (κ2) is 12.6. The molecule has 4 aromatic rings.